The summed E-state index contributed by atoms with van der Waals surface area (Å²) in [5.41, 5.74) is 1.24. The molecule has 0 aromatic heterocycles. The van der Waals surface area contributed by atoms with Crippen molar-refractivity contribution in [2.75, 3.05) is 0 Å². The maximum Gasteiger partial charge on any atom is 0.170 e. The third-order valence-corrected chi connectivity index (χ3v) is 4.18. The van der Waals surface area contributed by atoms with Crippen molar-refractivity contribution in [1.82, 2.24) is 0 Å². The van der Waals surface area contributed by atoms with Gasteiger partial charge >= 0.3 is 0 Å². The quantitative estimate of drug-likeness (QED) is 0.250. The molecule has 4 nitrogen and oxygen atoms in total. The maximum atomic E-state index is 11.6. The van der Waals surface area contributed by atoms with Crippen LogP contribution in [0.3, 0.4) is 0 Å². The van der Waals surface area contributed by atoms with Crippen LogP contribution in [0.5, 0.6) is 0 Å². The molecule has 0 bridgehead atoms. The number of benzene rings is 2. The van der Waals surface area contributed by atoms with Gasteiger partial charge in [0.2, 0.25) is 0 Å². The van der Waals surface area contributed by atoms with E-state index in [4.69, 9.17) is 0 Å². The second-order valence-corrected chi connectivity index (χ2v) is 8.21. The van der Waals surface area contributed by atoms with Crippen molar-refractivity contribution in [1.29, 1.82) is 0 Å². The number of Topliss-reactive ketones (excluding diaryl/α,β-unsaturated/α-hetero) is 4. The van der Waals surface area contributed by atoms with E-state index in [-0.39, 0.29) is 55.5 Å². The molecule has 5 heteroatoms. The van der Waals surface area contributed by atoms with E-state index in [0.29, 0.717) is 35.8 Å². The topological polar surface area (TPSA) is 68.3 Å². The third kappa shape index (κ3) is 12.9. The average Bonchev–Trinajstić information content (AvgIpc) is 2.68. The molecule has 2 aromatic carbocycles. The molecule has 0 radical (unpaired) electrons. The molecule has 0 fully saturated rings. The van der Waals surface area contributed by atoms with E-state index < -0.39 is 0 Å². The third-order valence-electron chi connectivity index (χ3n) is 4.18. The van der Waals surface area contributed by atoms with Gasteiger partial charge in [-0.05, 0) is 11.8 Å². The molecule has 0 atom stereocenters. The van der Waals surface area contributed by atoms with E-state index in [1.807, 2.05) is 39.8 Å². The molecular formula is C26H32O4Zn. The molecule has 162 valence electrons. The molecule has 31 heavy (non-hydrogen) atoms. The first-order chi connectivity index (χ1) is 14.2. The summed E-state index contributed by atoms with van der Waals surface area (Å²) >= 11 is 0. The smallest absolute Gasteiger partial charge is 0.170 e. The van der Waals surface area contributed by atoms with Crippen LogP contribution in [0.15, 0.2) is 60.7 Å². The Morgan fingerprint density at radius 3 is 1.13 bits per heavy atom. The molecular weight excluding hydrogens is 442 g/mol. The van der Waals surface area contributed by atoms with E-state index in [1.54, 1.807) is 48.5 Å². The SMILES string of the molecule is CC(C)CC(=O)CC(=O)c1ccccc1.CC(C)CC(=O)CC(=O)c1ccccc1.[Zn]. The number of rotatable bonds is 10. The summed E-state index contributed by atoms with van der Waals surface area (Å²) < 4.78 is 0. The summed E-state index contributed by atoms with van der Waals surface area (Å²) in [6.07, 6.45) is 1.03. The Kier molecular flexibility index (Phi) is 14.4. The molecule has 0 saturated carbocycles. The minimum Gasteiger partial charge on any atom is -0.299 e. The van der Waals surface area contributed by atoms with E-state index in [9.17, 15) is 19.2 Å². The zero-order valence-electron chi connectivity index (χ0n) is 19.1. The Bertz CT molecular complexity index is 756. The molecule has 2 rings (SSSR count). The van der Waals surface area contributed by atoms with Gasteiger partial charge in [-0.15, -0.1) is 0 Å². The van der Waals surface area contributed by atoms with Crippen LogP contribution in [-0.2, 0) is 29.1 Å². The normalized spacial score (nSPS) is 10.0. The van der Waals surface area contributed by atoms with Gasteiger partial charge in [-0.3, -0.25) is 19.2 Å². The molecule has 0 aliphatic rings. The summed E-state index contributed by atoms with van der Waals surface area (Å²) in [4.78, 5) is 46.1. The fourth-order valence-corrected chi connectivity index (χ4v) is 2.87. The first-order valence-electron chi connectivity index (χ1n) is 10.4. The van der Waals surface area contributed by atoms with Gasteiger partial charge in [0.25, 0.3) is 0 Å². The van der Waals surface area contributed by atoms with Crippen molar-refractivity contribution in [3.8, 4) is 0 Å². The zero-order valence-corrected chi connectivity index (χ0v) is 22.1. The Balaban J connectivity index is 0.000000562. The van der Waals surface area contributed by atoms with Gasteiger partial charge in [0.15, 0.2) is 11.6 Å². The van der Waals surface area contributed by atoms with Crippen molar-refractivity contribution in [2.45, 2.75) is 53.4 Å². The average molecular weight is 474 g/mol. The number of carbonyl (C=O) groups is 4. The molecule has 0 aliphatic carbocycles. The summed E-state index contributed by atoms with van der Waals surface area (Å²) in [6, 6.07) is 17.9. The van der Waals surface area contributed by atoms with E-state index in [0.717, 1.165) is 0 Å². The molecule has 0 amide bonds. The number of carbonyl (C=O) groups excluding carboxylic acids is 4. The van der Waals surface area contributed by atoms with Crippen LogP contribution < -0.4 is 0 Å². The molecule has 0 spiro atoms. The van der Waals surface area contributed by atoms with Crippen LogP contribution >= 0.6 is 0 Å². The van der Waals surface area contributed by atoms with E-state index in [2.05, 4.69) is 0 Å². The molecule has 2 aromatic rings. The van der Waals surface area contributed by atoms with Gasteiger partial charge in [-0.2, -0.15) is 0 Å². The van der Waals surface area contributed by atoms with Crippen molar-refractivity contribution in [3.63, 3.8) is 0 Å². The second kappa shape index (κ2) is 15.5. The minimum absolute atomic E-state index is 0. The number of ketones is 4. The first kappa shape index (κ1) is 28.7. The van der Waals surface area contributed by atoms with Gasteiger partial charge in [0, 0.05) is 43.4 Å². The Morgan fingerprint density at radius 1 is 0.581 bits per heavy atom. The predicted molar refractivity (Wildman–Crippen MR) is 120 cm³/mol. The minimum atomic E-state index is -0.0822. The van der Waals surface area contributed by atoms with E-state index in [1.165, 1.54) is 0 Å². The van der Waals surface area contributed by atoms with Gasteiger partial charge in [-0.25, -0.2) is 0 Å². The van der Waals surface area contributed by atoms with Gasteiger partial charge in [-0.1, -0.05) is 88.4 Å². The largest absolute Gasteiger partial charge is 0.299 e. The fourth-order valence-electron chi connectivity index (χ4n) is 2.87. The molecule has 0 unspecified atom stereocenters. The van der Waals surface area contributed by atoms with Crippen LogP contribution in [0.25, 0.3) is 0 Å². The number of hydrogen-bond acceptors (Lipinski definition) is 4. The standard InChI is InChI=1S/2C13H16O2.Zn/c2*1-10(2)8-12(14)9-13(15)11-6-4-3-5-7-11;/h2*3-7,10H,8-9H2,1-2H3;. The monoisotopic (exact) mass is 472 g/mol. The Hall–Kier alpha value is -2.26. The van der Waals surface area contributed by atoms with Crippen molar-refractivity contribution in [2.24, 2.45) is 11.8 Å². The number of hydrogen-bond donors (Lipinski definition) is 0. The predicted octanol–water partition coefficient (Wildman–Crippen LogP) is 5.75. The first-order valence-corrected chi connectivity index (χ1v) is 10.4. The van der Waals surface area contributed by atoms with Gasteiger partial charge < -0.3 is 0 Å². The molecule has 0 saturated heterocycles. The van der Waals surface area contributed by atoms with Crippen LogP contribution in [0, 0.1) is 11.8 Å². The summed E-state index contributed by atoms with van der Waals surface area (Å²) in [5, 5.41) is 0. The van der Waals surface area contributed by atoms with Crippen molar-refractivity contribution >= 4 is 23.1 Å². The Labute approximate surface area is 198 Å². The van der Waals surface area contributed by atoms with E-state index >= 15 is 0 Å². The van der Waals surface area contributed by atoms with Crippen LogP contribution in [-0.4, -0.2) is 23.1 Å². The summed E-state index contributed by atoms with van der Waals surface area (Å²) in [6.45, 7) is 7.91. The molecule has 0 heterocycles. The Morgan fingerprint density at radius 2 is 0.871 bits per heavy atom. The summed E-state index contributed by atoms with van der Waals surface area (Å²) in [5.74, 6) is 0.530. The summed E-state index contributed by atoms with van der Waals surface area (Å²) in [7, 11) is 0. The molecule has 0 N–H and O–H groups in total. The maximum absolute atomic E-state index is 11.6. The van der Waals surface area contributed by atoms with Crippen LogP contribution in [0.4, 0.5) is 0 Å². The zero-order chi connectivity index (χ0) is 22.5. The van der Waals surface area contributed by atoms with Crippen LogP contribution in [0.2, 0.25) is 0 Å². The fraction of sp³-hybridized carbons (Fsp3) is 0.385. The van der Waals surface area contributed by atoms with Gasteiger partial charge in [0.05, 0.1) is 12.8 Å². The van der Waals surface area contributed by atoms with Crippen molar-refractivity contribution in [3.05, 3.63) is 71.8 Å². The van der Waals surface area contributed by atoms with Crippen molar-refractivity contribution < 1.29 is 38.7 Å². The van der Waals surface area contributed by atoms with Crippen LogP contribution in [0.1, 0.15) is 74.1 Å². The second-order valence-electron chi connectivity index (χ2n) is 8.21. The van der Waals surface area contributed by atoms with Gasteiger partial charge in [0.1, 0.15) is 11.6 Å². The molecule has 0 aliphatic heterocycles.